The predicted octanol–water partition coefficient (Wildman–Crippen LogP) is 3.52. The molecule has 0 unspecified atom stereocenters. The Hall–Kier alpha value is -0.760. The van der Waals surface area contributed by atoms with Gasteiger partial charge in [0.2, 0.25) is 0 Å². The Morgan fingerprint density at radius 1 is 1.33 bits per heavy atom. The van der Waals surface area contributed by atoms with Crippen molar-refractivity contribution in [2.75, 3.05) is 0 Å². The van der Waals surface area contributed by atoms with Crippen molar-refractivity contribution >= 4 is 11.6 Å². The van der Waals surface area contributed by atoms with Crippen molar-refractivity contribution in [1.82, 2.24) is 0 Å². The van der Waals surface area contributed by atoms with Gasteiger partial charge in [0.05, 0.1) is 5.02 Å². The zero-order chi connectivity index (χ0) is 9.72. The SMILES string of the molecule is CC.Cc1cc(O)c(Cl)cc1F. The molecule has 0 spiro atoms. The predicted molar refractivity (Wildman–Crippen MR) is 49.2 cm³/mol. The fraction of sp³-hybridized carbons (Fsp3) is 0.333. The highest BCUT2D eigenvalue weighted by Gasteiger charge is 2.02. The van der Waals surface area contributed by atoms with Crippen LogP contribution < -0.4 is 0 Å². The van der Waals surface area contributed by atoms with Crippen molar-refractivity contribution in [3.63, 3.8) is 0 Å². The van der Waals surface area contributed by atoms with Crippen molar-refractivity contribution in [2.45, 2.75) is 20.8 Å². The van der Waals surface area contributed by atoms with Gasteiger partial charge in [-0.25, -0.2) is 4.39 Å². The second-order valence-electron chi connectivity index (χ2n) is 2.05. The summed E-state index contributed by atoms with van der Waals surface area (Å²) in [5.41, 5.74) is 0.391. The minimum absolute atomic E-state index is 0.0445. The summed E-state index contributed by atoms with van der Waals surface area (Å²) in [4.78, 5) is 0. The first-order valence-corrected chi connectivity index (χ1v) is 4.13. The molecule has 0 fully saturated rings. The molecule has 3 heteroatoms. The van der Waals surface area contributed by atoms with E-state index in [2.05, 4.69) is 0 Å². The maximum Gasteiger partial charge on any atom is 0.134 e. The average Bonchev–Trinajstić information content (AvgIpc) is 2.05. The summed E-state index contributed by atoms with van der Waals surface area (Å²) in [6.45, 7) is 5.56. The average molecular weight is 191 g/mol. The molecule has 68 valence electrons. The fourth-order valence-electron chi connectivity index (χ4n) is 0.642. The van der Waals surface area contributed by atoms with Crippen molar-refractivity contribution in [3.05, 3.63) is 28.5 Å². The lowest BCUT2D eigenvalue weighted by molar-refractivity contribution is 0.472. The van der Waals surface area contributed by atoms with Gasteiger partial charge in [0.25, 0.3) is 0 Å². The zero-order valence-electron chi connectivity index (χ0n) is 7.36. The first kappa shape index (κ1) is 11.2. The van der Waals surface area contributed by atoms with Gasteiger partial charge < -0.3 is 5.11 Å². The van der Waals surface area contributed by atoms with Gasteiger partial charge in [0.1, 0.15) is 11.6 Å². The van der Waals surface area contributed by atoms with Crippen molar-refractivity contribution in [2.24, 2.45) is 0 Å². The summed E-state index contributed by atoms with van der Waals surface area (Å²) in [7, 11) is 0. The van der Waals surface area contributed by atoms with Crippen LogP contribution in [0.5, 0.6) is 5.75 Å². The molecular formula is C9H12ClFO. The number of phenolic OH excluding ortho intramolecular Hbond substituents is 1. The number of hydrogen-bond donors (Lipinski definition) is 1. The van der Waals surface area contributed by atoms with Crippen LogP contribution in [0, 0.1) is 12.7 Å². The number of aryl methyl sites for hydroxylation is 1. The van der Waals surface area contributed by atoms with E-state index in [9.17, 15) is 4.39 Å². The first-order valence-electron chi connectivity index (χ1n) is 3.76. The molecule has 0 aliphatic rings. The Morgan fingerprint density at radius 3 is 2.25 bits per heavy atom. The molecule has 1 nitrogen and oxygen atoms in total. The Balaban J connectivity index is 0.000000561. The number of halogens is 2. The van der Waals surface area contributed by atoms with Crippen molar-refractivity contribution in [3.8, 4) is 5.75 Å². The molecular weight excluding hydrogens is 179 g/mol. The molecule has 1 N–H and O–H groups in total. The van der Waals surface area contributed by atoms with Crippen LogP contribution in [0.4, 0.5) is 4.39 Å². The molecule has 0 aliphatic carbocycles. The molecule has 0 heterocycles. The van der Waals surface area contributed by atoms with Crippen LogP contribution in [0.3, 0.4) is 0 Å². The van der Waals surface area contributed by atoms with Crippen LogP contribution in [-0.4, -0.2) is 5.11 Å². The molecule has 1 aromatic rings. The maximum absolute atomic E-state index is 12.6. The molecule has 1 rings (SSSR count). The second-order valence-corrected chi connectivity index (χ2v) is 2.46. The van der Waals surface area contributed by atoms with Crippen molar-refractivity contribution in [1.29, 1.82) is 0 Å². The summed E-state index contributed by atoms with van der Waals surface area (Å²) in [6, 6.07) is 2.38. The summed E-state index contributed by atoms with van der Waals surface area (Å²) >= 11 is 5.40. The Labute approximate surface area is 76.8 Å². The van der Waals surface area contributed by atoms with Gasteiger partial charge in [-0.05, 0) is 24.6 Å². The molecule has 0 saturated heterocycles. The van der Waals surface area contributed by atoms with Gasteiger partial charge in [0, 0.05) is 0 Å². The van der Waals surface area contributed by atoms with E-state index < -0.39 is 5.82 Å². The molecule has 0 atom stereocenters. The van der Waals surface area contributed by atoms with Crippen LogP contribution in [0.2, 0.25) is 5.02 Å². The third-order valence-electron chi connectivity index (χ3n) is 1.23. The Bertz CT molecular complexity index is 211. The molecule has 0 radical (unpaired) electrons. The monoisotopic (exact) mass is 190 g/mol. The molecule has 0 amide bonds. The fourth-order valence-corrected chi connectivity index (χ4v) is 0.792. The topological polar surface area (TPSA) is 20.2 Å². The third kappa shape index (κ3) is 2.70. The standard InChI is InChI=1S/C7H6ClFO.C2H6/c1-4-2-7(10)5(8)3-6(4)9;1-2/h2-3,10H,1H3;1-2H3. The minimum Gasteiger partial charge on any atom is -0.506 e. The Morgan fingerprint density at radius 2 is 1.83 bits per heavy atom. The Kier molecular flexibility index (Phi) is 4.67. The lowest BCUT2D eigenvalue weighted by Gasteiger charge is -1.98. The van der Waals surface area contributed by atoms with Gasteiger partial charge in [0.15, 0.2) is 0 Å². The highest BCUT2D eigenvalue weighted by Crippen LogP contribution is 2.25. The van der Waals surface area contributed by atoms with Gasteiger partial charge in [-0.2, -0.15) is 0 Å². The summed E-state index contributed by atoms with van der Waals surface area (Å²) < 4.78 is 12.6. The molecule has 0 saturated carbocycles. The van der Waals surface area contributed by atoms with Crippen LogP contribution in [0.15, 0.2) is 12.1 Å². The number of phenols is 1. The smallest absolute Gasteiger partial charge is 0.134 e. The van der Waals surface area contributed by atoms with Gasteiger partial charge in [-0.15, -0.1) is 0 Å². The minimum atomic E-state index is -0.400. The lowest BCUT2D eigenvalue weighted by Crippen LogP contribution is -1.80. The van der Waals surface area contributed by atoms with E-state index >= 15 is 0 Å². The van der Waals surface area contributed by atoms with Gasteiger partial charge in [-0.1, -0.05) is 25.4 Å². The molecule has 0 aromatic heterocycles. The van der Waals surface area contributed by atoms with Crippen molar-refractivity contribution < 1.29 is 9.50 Å². The largest absolute Gasteiger partial charge is 0.506 e. The van der Waals surface area contributed by atoms with Crippen LogP contribution >= 0.6 is 11.6 Å². The van der Waals surface area contributed by atoms with E-state index in [0.29, 0.717) is 5.56 Å². The highest BCUT2D eigenvalue weighted by molar-refractivity contribution is 6.32. The summed E-state index contributed by atoms with van der Waals surface area (Å²) in [5.74, 6) is -0.483. The van der Waals surface area contributed by atoms with E-state index in [0.717, 1.165) is 6.07 Å². The number of aromatic hydroxyl groups is 1. The van der Waals surface area contributed by atoms with Gasteiger partial charge in [-0.3, -0.25) is 0 Å². The number of rotatable bonds is 0. The summed E-state index contributed by atoms with van der Waals surface area (Å²) in [6.07, 6.45) is 0. The molecule has 0 aliphatic heterocycles. The van der Waals surface area contributed by atoms with Crippen LogP contribution in [0.1, 0.15) is 19.4 Å². The number of hydrogen-bond acceptors (Lipinski definition) is 1. The maximum atomic E-state index is 12.6. The normalized spacial score (nSPS) is 8.75. The van der Waals surface area contributed by atoms with E-state index in [1.54, 1.807) is 6.92 Å². The summed E-state index contributed by atoms with van der Waals surface area (Å²) in [5, 5.41) is 8.97. The van der Waals surface area contributed by atoms with Gasteiger partial charge >= 0.3 is 0 Å². The second kappa shape index (κ2) is 4.99. The molecule has 12 heavy (non-hydrogen) atoms. The quantitative estimate of drug-likeness (QED) is 0.664. The van der Waals surface area contributed by atoms with Crippen LogP contribution in [0.25, 0.3) is 0 Å². The van der Waals surface area contributed by atoms with E-state index in [-0.39, 0.29) is 10.8 Å². The third-order valence-corrected chi connectivity index (χ3v) is 1.53. The highest BCUT2D eigenvalue weighted by atomic mass is 35.5. The zero-order valence-corrected chi connectivity index (χ0v) is 8.11. The lowest BCUT2D eigenvalue weighted by atomic mass is 10.2. The molecule has 0 bridgehead atoms. The molecule has 1 aromatic carbocycles. The van der Waals surface area contributed by atoms with Crippen LogP contribution in [-0.2, 0) is 0 Å². The first-order chi connectivity index (χ1) is 5.61. The van der Waals surface area contributed by atoms with E-state index in [4.69, 9.17) is 16.7 Å². The van der Waals surface area contributed by atoms with E-state index in [1.165, 1.54) is 6.07 Å². The van der Waals surface area contributed by atoms with E-state index in [1.807, 2.05) is 13.8 Å². The number of benzene rings is 1.